The van der Waals surface area contributed by atoms with Crippen molar-refractivity contribution >= 4 is 31.9 Å². The molecule has 0 atom stereocenters. The molecule has 1 aliphatic rings. The second-order valence-electron chi connectivity index (χ2n) is 8.07. The number of thiazole rings is 1. The number of benzene rings is 1. The normalized spacial score (nSPS) is 19.6. The second kappa shape index (κ2) is 8.38. The Hall–Kier alpha value is -2.20. The van der Waals surface area contributed by atoms with E-state index in [2.05, 4.69) is 16.3 Å². The van der Waals surface area contributed by atoms with E-state index < -0.39 is 10.0 Å². The Balaban J connectivity index is 1.75. The lowest BCUT2D eigenvalue weighted by Gasteiger charge is -2.26. The van der Waals surface area contributed by atoms with Crippen LogP contribution in [0.25, 0.3) is 21.8 Å². The van der Waals surface area contributed by atoms with E-state index in [0.29, 0.717) is 31.4 Å². The summed E-state index contributed by atoms with van der Waals surface area (Å²) < 4.78 is 36.6. The first-order valence-electron chi connectivity index (χ1n) is 10.2. The van der Waals surface area contributed by atoms with Gasteiger partial charge in [-0.15, -0.1) is 0 Å². The monoisotopic (exact) mass is 461 g/mol. The fourth-order valence-electron chi connectivity index (χ4n) is 4.01. The molecule has 1 aromatic carbocycles. The Kier molecular flexibility index (Phi) is 5.95. The van der Waals surface area contributed by atoms with Crippen LogP contribution in [0.1, 0.15) is 43.2 Å². The summed E-state index contributed by atoms with van der Waals surface area (Å²) in [6, 6.07) is 4.98. The maximum Gasteiger partial charge on any atom is 0.244 e. The van der Waals surface area contributed by atoms with Crippen LogP contribution >= 0.6 is 11.3 Å². The molecule has 31 heavy (non-hydrogen) atoms. The van der Waals surface area contributed by atoms with Crippen molar-refractivity contribution in [3.05, 3.63) is 41.5 Å². The van der Waals surface area contributed by atoms with E-state index in [9.17, 15) is 13.5 Å². The third-order valence-corrected chi connectivity index (χ3v) is 8.35. The van der Waals surface area contributed by atoms with Gasteiger partial charge in [-0.05, 0) is 63.3 Å². The van der Waals surface area contributed by atoms with E-state index in [4.69, 9.17) is 4.74 Å². The molecule has 2 heterocycles. The predicted octanol–water partition coefficient (Wildman–Crippen LogP) is 3.99. The van der Waals surface area contributed by atoms with Gasteiger partial charge in [-0.2, -0.15) is 0 Å². The lowest BCUT2D eigenvalue weighted by molar-refractivity contribution is 0.120. The minimum Gasteiger partial charge on any atom is -0.495 e. The number of methoxy groups -OCH3 is 1. The van der Waals surface area contributed by atoms with E-state index in [1.165, 1.54) is 7.11 Å². The van der Waals surface area contributed by atoms with Crippen molar-refractivity contribution in [2.45, 2.75) is 56.6 Å². The first-order valence-corrected chi connectivity index (χ1v) is 12.5. The number of aryl methyl sites for hydroxylation is 1. The van der Waals surface area contributed by atoms with Crippen LogP contribution in [0.3, 0.4) is 0 Å². The van der Waals surface area contributed by atoms with Crippen molar-refractivity contribution in [2.24, 2.45) is 0 Å². The summed E-state index contributed by atoms with van der Waals surface area (Å²) in [5.74, 6) is 0.290. The first-order chi connectivity index (χ1) is 14.7. The predicted molar refractivity (Wildman–Crippen MR) is 123 cm³/mol. The van der Waals surface area contributed by atoms with Crippen molar-refractivity contribution in [1.29, 1.82) is 0 Å². The Morgan fingerprint density at radius 3 is 2.68 bits per heavy atom. The average molecular weight is 462 g/mol. The van der Waals surface area contributed by atoms with Crippen molar-refractivity contribution < 1.29 is 18.3 Å². The second-order valence-corrected chi connectivity index (χ2v) is 10.8. The number of rotatable bonds is 6. The van der Waals surface area contributed by atoms with Crippen molar-refractivity contribution in [3.63, 3.8) is 0 Å². The topological polar surface area (TPSA) is 92.9 Å². The van der Waals surface area contributed by atoms with Gasteiger partial charge in [0.2, 0.25) is 10.0 Å². The van der Waals surface area contributed by atoms with Crippen molar-refractivity contribution in [3.8, 4) is 17.0 Å². The number of imidazole rings is 1. The lowest BCUT2D eigenvalue weighted by Crippen LogP contribution is -2.38. The highest BCUT2D eigenvalue weighted by Crippen LogP contribution is 2.35. The van der Waals surface area contributed by atoms with E-state index >= 15 is 0 Å². The molecule has 0 bridgehead atoms. The molecule has 0 unspecified atom stereocenters. The molecule has 9 heteroatoms. The Morgan fingerprint density at radius 1 is 1.32 bits per heavy atom. The number of aliphatic hydroxyl groups excluding tert-OH is 1. The van der Waals surface area contributed by atoms with Crippen LogP contribution in [-0.4, -0.2) is 42.2 Å². The molecular weight excluding hydrogens is 434 g/mol. The molecule has 166 valence electrons. The molecule has 1 saturated carbocycles. The van der Waals surface area contributed by atoms with Gasteiger partial charge in [0.25, 0.3) is 0 Å². The maximum absolute atomic E-state index is 13.2. The highest BCUT2D eigenvalue weighted by atomic mass is 32.2. The van der Waals surface area contributed by atoms with Gasteiger partial charge in [0, 0.05) is 22.7 Å². The zero-order valence-electron chi connectivity index (χ0n) is 17.9. The zero-order valence-corrected chi connectivity index (χ0v) is 19.5. The molecule has 4 rings (SSSR count). The van der Waals surface area contributed by atoms with E-state index in [-0.39, 0.29) is 17.0 Å². The summed E-state index contributed by atoms with van der Waals surface area (Å²) in [6.45, 7) is 7.87. The van der Waals surface area contributed by atoms with Crippen LogP contribution < -0.4 is 9.46 Å². The van der Waals surface area contributed by atoms with Gasteiger partial charge < -0.3 is 9.84 Å². The van der Waals surface area contributed by atoms with Crippen LogP contribution in [0.5, 0.6) is 5.75 Å². The number of hydrogen-bond acceptors (Lipinski definition) is 6. The molecule has 3 aromatic rings. The molecule has 0 radical (unpaired) electrons. The van der Waals surface area contributed by atoms with Gasteiger partial charge >= 0.3 is 0 Å². The Morgan fingerprint density at radius 2 is 2.03 bits per heavy atom. The minimum atomic E-state index is -3.81. The van der Waals surface area contributed by atoms with Crippen LogP contribution in [0.15, 0.2) is 35.9 Å². The van der Waals surface area contributed by atoms with Crippen LogP contribution in [-0.2, 0) is 10.0 Å². The van der Waals surface area contributed by atoms with Crippen molar-refractivity contribution in [1.82, 2.24) is 14.1 Å². The molecule has 0 aliphatic heterocycles. The summed E-state index contributed by atoms with van der Waals surface area (Å²) in [5.41, 5.74) is 3.37. The zero-order chi connectivity index (χ0) is 22.3. The largest absolute Gasteiger partial charge is 0.495 e. The molecule has 0 saturated heterocycles. The van der Waals surface area contributed by atoms with Gasteiger partial charge in [0.15, 0.2) is 4.96 Å². The SMILES string of the molecule is C=C(C)c1cn2c(-c3ccc(OC)c(S(=O)(=O)NC4CCC(O)CC4)c3)c(C)nc2s1. The third-order valence-electron chi connectivity index (χ3n) is 5.67. The molecular formula is C22H27N3O4S2. The smallest absolute Gasteiger partial charge is 0.244 e. The van der Waals surface area contributed by atoms with Crippen LogP contribution in [0.4, 0.5) is 0 Å². The number of sulfonamides is 1. The van der Waals surface area contributed by atoms with Gasteiger partial charge in [0.05, 0.1) is 24.6 Å². The number of ether oxygens (including phenoxy) is 1. The van der Waals surface area contributed by atoms with Crippen LogP contribution in [0.2, 0.25) is 0 Å². The van der Waals surface area contributed by atoms with Gasteiger partial charge in [-0.25, -0.2) is 18.1 Å². The number of fused-ring (bicyclic) bond motifs is 1. The number of hydrogen-bond donors (Lipinski definition) is 2. The number of allylic oxidation sites excluding steroid dienone is 1. The Bertz CT molecular complexity index is 1240. The van der Waals surface area contributed by atoms with Crippen LogP contribution in [0, 0.1) is 6.92 Å². The number of aliphatic hydroxyl groups is 1. The molecule has 0 spiro atoms. The van der Waals surface area contributed by atoms with Gasteiger partial charge in [-0.3, -0.25) is 4.40 Å². The summed E-state index contributed by atoms with van der Waals surface area (Å²) in [6.07, 6.45) is 4.07. The standard InChI is InChI=1S/C22H27N3O4S2/c1-13(2)19-12-25-21(14(3)23-22(25)30-19)15-5-10-18(29-4)20(11-15)31(27,28)24-16-6-8-17(26)9-7-16/h5,10-12,16-17,24,26H,1,6-9H2,2-4H3. The average Bonchev–Trinajstić information content (AvgIpc) is 3.26. The summed E-state index contributed by atoms with van der Waals surface area (Å²) in [4.78, 5) is 6.62. The fraction of sp³-hybridized carbons (Fsp3) is 0.409. The number of aromatic nitrogens is 2. The van der Waals surface area contributed by atoms with E-state index in [0.717, 1.165) is 32.4 Å². The Labute approximate surface area is 186 Å². The molecule has 2 N–H and O–H groups in total. The van der Waals surface area contributed by atoms with E-state index in [1.54, 1.807) is 23.5 Å². The fourth-order valence-corrected chi connectivity index (χ4v) is 6.46. The lowest BCUT2D eigenvalue weighted by atomic mass is 9.94. The summed E-state index contributed by atoms with van der Waals surface area (Å²) in [5, 5.41) is 9.70. The number of nitrogens with zero attached hydrogens (tertiary/aromatic N) is 2. The quantitative estimate of drug-likeness (QED) is 0.579. The van der Waals surface area contributed by atoms with Gasteiger partial charge in [-0.1, -0.05) is 17.9 Å². The molecule has 2 aromatic heterocycles. The van der Waals surface area contributed by atoms with Gasteiger partial charge in [0.1, 0.15) is 10.6 Å². The number of nitrogens with one attached hydrogen (secondary N) is 1. The highest BCUT2D eigenvalue weighted by molar-refractivity contribution is 7.89. The third kappa shape index (κ3) is 4.27. The maximum atomic E-state index is 13.2. The summed E-state index contributed by atoms with van der Waals surface area (Å²) >= 11 is 1.55. The first kappa shape index (κ1) is 22.0. The molecule has 7 nitrogen and oxygen atoms in total. The van der Waals surface area contributed by atoms with Crippen molar-refractivity contribution in [2.75, 3.05) is 7.11 Å². The highest BCUT2D eigenvalue weighted by Gasteiger charge is 2.28. The minimum absolute atomic E-state index is 0.100. The van der Waals surface area contributed by atoms with E-state index in [1.807, 2.05) is 30.5 Å². The molecule has 0 amide bonds. The summed E-state index contributed by atoms with van der Waals surface area (Å²) in [7, 11) is -2.34. The molecule has 1 aliphatic carbocycles. The molecule has 1 fully saturated rings.